The molecule has 4 heteroatoms. The van der Waals surface area contributed by atoms with Crippen LogP contribution in [-0.4, -0.2) is 30.6 Å². The van der Waals surface area contributed by atoms with Crippen LogP contribution < -0.4 is 5.32 Å². The Labute approximate surface area is 132 Å². The molecule has 0 aromatic rings. The van der Waals surface area contributed by atoms with E-state index < -0.39 is 0 Å². The Kier molecular flexibility index (Phi) is 4.21. The van der Waals surface area contributed by atoms with Gasteiger partial charge in [0.2, 0.25) is 0 Å². The minimum absolute atomic E-state index is 0. The Morgan fingerprint density at radius 3 is 3.15 bits per heavy atom. The van der Waals surface area contributed by atoms with Gasteiger partial charge in [-0.05, 0) is 54.7 Å². The van der Waals surface area contributed by atoms with Crippen molar-refractivity contribution in [3.8, 4) is 0 Å². The van der Waals surface area contributed by atoms with Crippen molar-refractivity contribution in [1.29, 1.82) is 0 Å². The lowest BCUT2D eigenvalue weighted by molar-refractivity contribution is 0.296. The number of thioether (sulfide) groups is 1. The van der Waals surface area contributed by atoms with Gasteiger partial charge in [-0.25, -0.2) is 0 Å². The fourth-order valence-electron chi connectivity index (χ4n) is 4.14. The molecule has 0 amide bonds. The number of rotatable bonds is 1. The number of fused-ring (bicyclic) bond motifs is 2. The SMILES string of the molecule is CCC1CCC2=C3CNCCC3N3CC=CSC1=C23.Cl. The van der Waals surface area contributed by atoms with Crippen molar-refractivity contribution in [2.45, 2.75) is 38.6 Å². The summed E-state index contributed by atoms with van der Waals surface area (Å²) in [6.45, 7) is 5.76. The fraction of sp³-hybridized carbons (Fsp3) is 0.625. The van der Waals surface area contributed by atoms with Gasteiger partial charge in [-0.15, -0.1) is 24.2 Å². The summed E-state index contributed by atoms with van der Waals surface area (Å²) in [6.07, 6.45) is 7.60. The van der Waals surface area contributed by atoms with Crippen LogP contribution in [0.2, 0.25) is 0 Å². The molecule has 0 radical (unpaired) electrons. The summed E-state index contributed by atoms with van der Waals surface area (Å²) in [6, 6.07) is 0.695. The van der Waals surface area contributed by atoms with E-state index in [1.54, 1.807) is 21.7 Å². The molecule has 3 aliphatic heterocycles. The van der Waals surface area contributed by atoms with E-state index in [-0.39, 0.29) is 12.4 Å². The average Bonchev–Trinajstić information content (AvgIpc) is 2.62. The second-order valence-corrected chi connectivity index (χ2v) is 6.93. The highest BCUT2D eigenvalue weighted by atomic mass is 35.5. The monoisotopic (exact) mass is 310 g/mol. The zero-order valence-corrected chi connectivity index (χ0v) is 13.7. The molecule has 1 N–H and O–H groups in total. The highest BCUT2D eigenvalue weighted by molar-refractivity contribution is 8.05. The Morgan fingerprint density at radius 2 is 2.30 bits per heavy atom. The molecule has 0 aromatic heterocycles. The number of piperidine rings is 1. The van der Waals surface area contributed by atoms with Crippen LogP contribution in [0.1, 0.15) is 32.6 Å². The first kappa shape index (κ1) is 14.6. The van der Waals surface area contributed by atoms with Gasteiger partial charge in [0.15, 0.2) is 0 Å². The largest absolute Gasteiger partial charge is 0.360 e. The molecule has 20 heavy (non-hydrogen) atoms. The van der Waals surface area contributed by atoms with E-state index in [0.717, 1.165) is 19.0 Å². The van der Waals surface area contributed by atoms with Crippen LogP contribution in [0.25, 0.3) is 0 Å². The van der Waals surface area contributed by atoms with E-state index >= 15 is 0 Å². The van der Waals surface area contributed by atoms with Gasteiger partial charge in [0.05, 0.1) is 11.7 Å². The molecule has 2 atom stereocenters. The minimum atomic E-state index is 0. The molecule has 3 heterocycles. The topological polar surface area (TPSA) is 15.3 Å². The van der Waals surface area contributed by atoms with Gasteiger partial charge in [-0.1, -0.05) is 13.0 Å². The van der Waals surface area contributed by atoms with Crippen molar-refractivity contribution in [2.75, 3.05) is 19.6 Å². The van der Waals surface area contributed by atoms with Crippen LogP contribution in [0.4, 0.5) is 0 Å². The normalized spacial score (nSPS) is 31.8. The summed E-state index contributed by atoms with van der Waals surface area (Å²) in [5, 5.41) is 5.90. The predicted octanol–water partition coefficient (Wildman–Crippen LogP) is 3.67. The summed E-state index contributed by atoms with van der Waals surface area (Å²) in [7, 11) is 0. The summed E-state index contributed by atoms with van der Waals surface area (Å²) >= 11 is 2.00. The standard InChI is InChI=1S/C16H22N2S.ClH/c1-2-11-4-5-12-13-10-17-7-6-14(13)18-8-3-9-19-16(11)15(12)18;/h3,9,11,14,17H,2,4-8,10H2,1H3;1H. The molecule has 1 saturated heterocycles. The third-order valence-corrected chi connectivity index (χ3v) is 6.19. The number of nitrogens with one attached hydrogen (secondary N) is 1. The van der Waals surface area contributed by atoms with Crippen LogP contribution in [0.5, 0.6) is 0 Å². The van der Waals surface area contributed by atoms with Crippen molar-refractivity contribution < 1.29 is 0 Å². The van der Waals surface area contributed by atoms with Crippen LogP contribution in [0.3, 0.4) is 0 Å². The highest BCUT2D eigenvalue weighted by Gasteiger charge is 2.41. The zero-order chi connectivity index (χ0) is 12.8. The molecule has 0 bridgehead atoms. The third kappa shape index (κ3) is 2.06. The molecule has 0 aromatic carbocycles. The minimum Gasteiger partial charge on any atom is -0.360 e. The lowest BCUT2D eigenvalue weighted by Crippen LogP contribution is -2.40. The first-order valence-electron chi connectivity index (χ1n) is 7.65. The lowest BCUT2D eigenvalue weighted by atomic mass is 9.86. The van der Waals surface area contributed by atoms with Crippen LogP contribution in [-0.2, 0) is 0 Å². The Morgan fingerprint density at radius 1 is 1.40 bits per heavy atom. The van der Waals surface area contributed by atoms with Crippen molar-refractivity contribution in [2.24, 2.45) is 5.92 Å². The maximum absolute atomic E-state index is 3.58. The maximum atomic E-state index is 3.58. The predicted molar refractivity (Wildman–Crippen MR) is 89.0 cm³/mol. The summed E-state index contributed by atoms with van der Waals surface area (Å²) < 4.78 is 0. The maximum Gasteiger partial charge on any atom is 0.0537 e. The Bertz CT molecular complexity index is 495. The van der Waals surface area contributed by atoms with Crippen molar-refractivity contribution in [1.82, 2.24) is 10.2 Å². The van der Waals surface area contributed by atoms with E-state index in [0.29, 0.717) is 6.04 Å². The van der Waals surface area contributed by atoms with E-state index in [1.807, 2.05) is 11.8 Å². The number of hydrogen-bond acceptors (Lipinski definition) is 3. The van der Waals surface area contributed by atoms with Crippen molar-refractivity contribution in [3.63, 3.8) is 0 Å². The van der Waals surface area contributed by atoms with Gasteiger partial charge in [0, 0.05) is 18.0 Å². The van der Waals surface area contributed by atoms with Gasteiger partial charge in [-0.2, -0.15) is 0 Å². The third-order valence-electron chi connectivity index (χ3n) is 5.08. The molecule has 1 aliphatic carbocycles. The van der Waals surface area contributed by atoms with Gasteiger partial charge in [0.1, 0.15) is 0 Å². The van der Waals surface area contributed by atoms with E-state index in [1.165, 1.54) is 32.2 Å². The quantitative estimate of drug-likeness (QED) is 0.795. The summed E-state index contributed by atoms with van der Waals surface area (Å²) in [5.41, 5.74) is 5.05. The molecule has 1 fully saturated rings. The number of allylic oxidation sites excluding steroid dienone is 2. The smallest absolute Gasteiger partial charge is 0.0537 e. The summed E-state index contributed by atoms with van der Waals surface area (Å²) in [4.78, 5) is 4.37. The van der Waals surface area contributed by atoms with E-state index in [2.05, 4.69) is 28.6 Å². The molecular weight excluding hydrogens is 288 g/mol. The Hall–Kier alpha value is -0.380. The van der Waals surface area contributed by atoms with E-state index in [9.17, 15) is 0 Å². The van der Waals surface area contributed by atoms with Gasteiger partial charge >= 0.3 is 0 Å². The van der Waals surface area contributed by atoms with Crippen LogP contribution in [0.15, 0.2) is 33.2 Å². The first-order chi connectivity index (χ1) is 9.40. The van der Waals surface area contributed by atoms with Crippen molar-refractivity contribution in [3.05, 3.63) is 33.2 Å². The molecule has 110 valence electrons. The lowest BCUT2D eigenvalue weighted by Gasteiger charge is -2.34. The first-order valence-corrected chi connectivity index (χ1v) is 8.53. The second kappa shape index (κ2) is 5.78. The molecular formula is C16H23ClN2S. The summed E-state index contributed by atoms with van der Waals surface area (Å²) in [5.74, 6) is 0.794. The van der Waals surface area contributed by atoms with Crippen LogP contribution in [0, 0.1) is 5.92 Å². The van der Waals surface area contributed by atoms with Crippen molar-refractivity contribution >= 4 is 24.2 Å². The number of nitrogens with zero attached hydrogens (tertiary/aromatic N) is 1. The second-order valence-electron chi connectivity index (χ2n) is 5.98. The van der Waals surface area contributed by atoms with E-state index in [4.69, 9.17) is 0 Å². The zero-order valence-electron chi connectivity index (χ0n) is 12.0. The molecule has 0 spiro atoms. The van der Waals surface area contributed by atoms with Gasteiger partial charge in [-0.3, -0.25) is 0 Å². The fourth-order valence-corrected chi connectivity index (χ4v) is 5.30. The highest BCUT2D eigenvalue weighted by Crippen LogP contribution is 2.50. The van der Waals surface area contributed by atoms with Gasteiger partial charge in [0.25, 0.3) is 0 Å². The number of halogens is 1. The number of hydrogen-bond donors (Lipinski definition) is 1. The molecule has 2 nitrogen and oxygen atoms in total. The molecule has 2 unspecified atom stereocenters. The molecule has 0 saturated carbocycles. The average molecular weight is 311 g/mol. The van der Waals surface area contributed by atoms with Gasteiger partial charge < -0.3 is 10.2 Å². The van der Waals surface area contributed by atoms with Crippen LogP contribution >= 0.6 is 24.2 Å². The molecule has 4 rings (SSSR count). The molecule has 4 aliphatic rings. The Balaban J connectivity index is 0.00000121.